The van der Waals surface area contributed by atoms with Gasteiger partial charge in [-0.3, -0.25) is 4.79 Å². The lowest BCUT2D eigenvalue weighted by molar-refractivity contribution is -0.118. The van der Waals surface area contributed by atoms with Gasteiger partial charge < -0.3 is 11.5 Å². The zero-order valence-electron chi connectivity index (χ0n) is 8.87. The Morgan fingerprint density at radius 2 is 2.19 bits per heavy atom. The minimum Gasteiger partial charge on any atom is -0.370 e. The molecule has 0 aliphatic heterocycles. The number of rotatable bonds is 5. The van der Waals surface area contributed by atoms with Crippen molar-refractivity contribution in [3.63, 3.8) is 0 Å². The molecule has 1 heterocycles. The van der Waals surface area contributed by atoms with E-state index in [1.54, 1.807) is 11.3 Å². The third-order valence-corrected chi connectivity index (χ3v) is 4.67. The van der Waals surface area contributed by atoms with Crippen molar-refractivity contribution in [1.29, 1.82) is 0 Å². The topological polar surface area (TPSA) is 69.1 Å². The summed E-state index contributed by atoms with van der Waals surface area (Å²) in [5.74, 6) is -0.0664. The van der Waals surface area contributed by atoms with Crippen LogP contribution in [0.25, 0.3) is 0 Å². The van der Waals surface area contributed by atoms with Crippen LogP contribution < -0.4 is 11.5 Å². The van der Waals surface area contributed by atoms with Gasteiger partial charge in [-0.25, -0.2) is 0 Å². The van der Waals surface area contributed by atoms with Crippen LogP contribution in [0.3, 0.4) is 0 Å². The summed E-state index contributed by atoms with van der Waals surface area (Å²) in [6.45, 7) is 1.99. The minimum absolute atomic E-state index is 0.0636. The molecule has 0 saturated heterocycles. The molecule has 3 nitrogen and oxygen atoms in total. The highest BCUT2D eigenvalue weighted by atomic mass is 79.9. The Morgan fingerprint density at radius 3 is 2.62 bits per heavy atom. The second kappa shape index (κ2) is 6.14. The number of primary amides is 1. The third-order valence-electron chi connectivity index (χ3n) is 2.29. The molecular formula is C10H14Br2N2OS. The Morgan fingerprint density at radius 1 is 1.56 bits per heavy atom. The van der Waals surface area contributed by atoms with Gasteiger partial charge in [-0.1, -0.05) is 6.92 Å². The van der Waals surface area contributed by atoms with E-state index in [-0.39, 0.29) is 17.9 Å². The minimum atomic E-state index is -0.273. The summed E-state index contributed by atoms with van der Waals surface area (Å²) in [6, 6.07) is 1.95. The molecule has 0 aromatic carbocycles. The van der Waals surface area contributed by atoms with Crippen LogP contribution in [0.15, 0.2) is 13.6 Å². The second-order valence-corrected chi connectivity index (χ2v) is 7.65. The van der Waals surface area contributed by atoms with Gasteiger partial charge in [-0.05, 0) is 55.8 Å². The molecule has 2 unspecified atom stereocenters. The lowest BCUT2D eigenvalue weighted by Crippen LogP contribution is -2.19. The smallest absolute Gasteiger partial charge is 0.217 e. The summed E-state index contributed by atoms with van der Waals surface area (Å²) in [5.41, 5.74) is 12.3. The maximum Gasteiger partial charge on any atom is 0.217 e. The molecule has 1 aromatic rings. The standard InChI is InChI=1S/C10H14Br2N2OS/c1-5(3-9(14)15)2-7(13)6-4-8(11)16-10(6)12/h4-5,7H,2-3,13H2,1H3,(H2,14,15). The monoisotopic (exact) mass is 368 g/mol. The predicted molar refractivity (Wildman–Crippen MR) is 74.2 cm³/mol. The molecule has 16 heavy (non-hydrogen) atoms. The number of carbonyl (C=O) groups is 1. The van der Waals surface area contributed by atoms with E-state index in [0.717, 1.165) is 19.6 Å². The lowest BCUT2D eigenvalue weighted by Gasteiger charge is -2.15. The van der Waals surface area contributed by atoms with Crippen molar-refractivity contribution in [3.8, 4) is 0 Å². The molecule has 90 valence electrons. The Hall–Kier alpha value is 0.0900. The van der Waals surface area contributed by atoms with Crippen molar-refractivity contribution in [2.45, 2.75) is 25.8 Å². The molecule has 0 saturated carbocycles. The normalized spacial score (nSPS) is 14.8. The first-order valence-electron chi connectivity index (χ1n) is 4.88. The number of halogens is 2. The summed E-state index contributed by atoms with van der Waals surface area (Å²) in [6.07, 6.45) is 1.14. The molecule has 0 bridgehead atoms. The highest BCUT2D eigenvalue weighted by Gasteiger charge is 2.17. The fraction of sp³-hybridized carbons (Fsp3) is 0.500. The summed E-state index contributed by atoms with van der Waals surface area (Å²) < 4.78 is 2.09. The van der Waals surface area contributed by atoms with Crippen LogP contribution in [-0.2, 0) is 4.79 Å². The molecule has 4 N–H and O–H groups in total. The van der Waals surface area contributed by atoms with Crippen LogP contribution in [0.1, 0.15) is 31.4 Å². The molecule has 1 amide bonds. The maximum absolute atomic E-state index is 10.8. The van der Waals surface area contributed by atoms with Crippen molar-refractivity contribution < 1.29 is 4.79 Å². The third kappa shape index (κ3) is 4.16. The van der Waals surface area contributed by atoms with Crippen LogP contribution >= 0.6 is 43.2 Å². The fourth-order valence-electron chi connectivity index (χ4n) is 1.59. The molecule has 0 radical (unpaired) electrons. The van der Waals surface area contributed by atoms with Crippen LogP contribution in [0.5, 0.6) is 0 Å². The number of carbonyl (C=O) groups excluding carboxylic acids is 1. The predicted octanol–water partition coefficient (Wildman–Crippen LogP) is 3.17. The highest BCUT2D eigenvalue weighted by Crippen LogP contribution is 2.36. The lowest BCUT2D eigenvalue weighted by atomic mass is 9.96. The van der Waals surface area contributed by atoms with Gasteiger partial charge in [0.05, 0.1) is 7.57 Å². The highest BCUT2D eigenvalue weighted by molar-refractivity contribution is 9.12. The second-order valence-electron chi connectivity index (χ2n) is 3.90. The quantitative estimate of drug-likeness (QED) is 0.836. The van der Waals surface area contributed by atoms with Gasteiger partial charge in [0.1, 0.15) is 0 Å². The summed E-state index contributed by atoms with van der Waals surface area (Å²) in [4.78, 5) is 10.8. The zero-order chi connectivity index (χ0) is 12.3. The Labute approximate surface area is 116 Å². The van der Waals surface area contributed by atoms with Gasteiger partial charge in [-0.15, -0.1) is 11.3 Å². The van der Waals surface area contributed by atoms with Gasteiger partial charge in [0, 0.05) is 12.5 Å². The Kier molecular flexibility index (Phi) is 5.43. The van der Waals surface area contributed by atoms with E-state index in [9.17, 15) is 4.79 Å². The van der Waals surface area contributed by atoms with Gasteiger partial charge in [0.15, 0.2) is 0 Å². The molecule has 0 spiro atoms. The molecule has 2 atom stereocenters. The average Bonchev–Trinajstić information content (AvgIpc) is 2.43. The van der Waals surface area contributed by atoms with Crippen molar-refractivity contribution in [2.24, 2.45) is 17.4 Å². The van der Waals surface area contributed by atoms with Crippen LogP contribution in [0.2, 0.25) is 0 Å². The molecule has 1 aromatic heterocycles. The maximum atomic E-state index is 10.8. The Balaban J connectivity index is 2.61. The van der Waals surface area contributed by atoms with Crippen LogP contribution in [-0.4, -0.2) is 5.91 Å². The van der Waals surface area contributed by atoms with E-state index in [2.05, 4.69) is 31.9 Å². The van der Waals surface area contributed by atoms with Gasteiger partial charge in [0.25, 0.3) is 0 Å². The first kappa shape index (κ1) is 14.2. The first-order chi connectivity index (χ1) is 7.40. The largest absolute Gasteiger partial charge is 0.370 e. The summed E-state index contributed by atoms with van der Waals surface area (Å²) >= 11 is 8.49. The molecule has 0 fully saturated rings. The van der Waals surface area contributed by atoms with Crippen molar-refractivity contribution in [3.05, 3.63) is 19.2 Å². The van der Waals surface area contributed by atoms with E-state index < -0.39 is 0 Å². The molecule has 6 heteroatoms. The number of hydrogen-bond donors (Lipinski definition) is 2. The van der Waals surface area contributed by atoms with Crippen LogP contribution in [0.4, 0.5) is 0 Å². The van der Waals surface area contributed by atoms with Gasteiger partial charge in [0.2, 0.25) is 5.91 Å². The fourth-order valence-corrected chi connectivity index (χ4v) is 4.59. The molecular weight excluding hydrogens is 356 g/mol. The average molecular weight is 370 g/mol. The van der Waals surface area contributed by atoms with Crippen molar-refractivity contribution in [2.75, 3.05) is 0 Å². The van der Waals surface area contributed by atoms with Gasteiger partial charge in [-0.2, -0.15) is 0 Å². The van der Waals surface area contributed by atoms with Crippen molar-refractivity contribution >= 4 is 49.1 Å². The molecule has 0 aliphatic carbocycles. The zero-order valence-corrected chi connectivity index (χ0v) is 12.9. The van der Waals surface area contributed by atoms with Crippen molar-refractivity contribution in [1.82, 2.24) is 0 Å². The SMILES string of the molecule is CC(CC(N)=O)CC(N)c1cc(Br)sc1Br. The number of nitrogens with two attached hydrogens (primary N) is 2. The first-order valence-corrected chi connectivity index (χ1v) is 7.29. The van der Waals surface area contributed by atoms with Crippen LogP contribution in [0, 0.1) is 5.92 Å². The van der Waals surface area contributed by atoms with E-state index in [1.165, 1.54) is 0 Å². The number of hydrogen-bond acceptors (Lipinski definition) is 3. The number of thiophene rings is 1. The summed E-state index contributed by atoms with van der Waals surface area (Å²) in [7, 11) is 0. The number of amides is 1. The van der Waals surface area contributed by atoms with E-state index in [4.69, 9.17) is 11.5 Å². The van der Waals surface area contributed by atoms with E-state index >= 15 is 0 Å². The summed E-state index contributed by atoms with van der Waals surface area (Å²) in [5, 5.41) is 0. The molecule has 0 aliphatic rings. The Bertz CT molecular complexity index is 381. The molecule has 1 rings (SSSR count). The van der Waals surface area contributed by atoms with E-state index in [0.29, 0.717) is 6.42 Å². The van der Waals surface area contributed by atoms with Gasteiger partial charge >= 0.3 is 0 Å². The van der Waals surface area contributed by atoms with E-state index in [1.807, 2.05) is 13.0 Å².